The van der Waals surface area contributed by atoms with Gasteiger partial charge in [0, 0.05) is 30.1 Å². The van der Waals surface area contributed by atoms with Gasteiger partial charge in [-0.05, 0) is 62.7 Å². The molecule has 0 radical (unpaired) electrons. The molecular formula is C20H21ClFN5OS. The Balaban J connectivity index is 1.49. The maximum absolute atomic E-state index is 13.3. The molecule has 0 amide bonds. The van der Waals surface area contributed by atoms with Gasteiger partial charge in [-0.3, -0.25) is 0 Å². The highest BCUT2D eigenvalue weighted by atomic mass is 35.5. The van der Waals surface area contributed by atoms with Crippen molar-refractivity contribution < 1.29 is 8.60 Å². The maximum atomic E-state index is 13.3. The molecule has 3 aromatic rings. The lowest BCUT2D eigenvalue weighted by molar-refractivity contribution is 0.0232. The fourth-order valence-electron chi connectivity index (χ4n) is 4.61. The number of hydrogen-bond donors (Lipinski definition) is 1. The number of hydrogen-bond acceptors (Lipinski definition) is 4. The number of rotatable bonds is 4. The van der Waals surface area contributed by atoms with Crippen molar-refractivity contribution in [1.82, 2.24) is 18.9 Å². The van der Waals surface area contributed by atoms with Crippen LogP contribution in [0.5, 0.6) is 0 Å². The van der Waals surface area contributed by atoms with Gasteiger partial charge in [-0.25, -0.2) is 22.4 Å². The highest BCUT2D eigenvalue weighted by Crippen LogP contribution is 2.51. The minimum absolute atomic E-state index is 0.0823. The lowest BCUT2D eigenvalue weighted by atomic mass is 9.60. The highest BCUT2D eigenvalue weighted by Gasteiger charge is 2.54. The van der Waals surface area contributed by atoms with Crippen molar-refractivity contribution in [3.05, 3.63) is 46.9 Å². The molecule has 9 heteroatoms. The Kier molecular flexibility index (Phi) is 4.42. The lowest BCUT2D eigenvalue weighted by Gasteiger charge is -2.60. The third kappa shape index (κ3) is 3.05. The van der Waals surface area contributed by atoms with E-state index in [0.29, 0.717) is 17.0 Å². The molecule has 0 bridgehead atoms. The Morgan fingerprint density at radius 1 is 1.28 bits per heavy atom. The molecule has 1 saturated carbocycles. The van der Waals surface area contributed by atoms with Gasteiger partial charge in [0.1, 0.15) is 16.5 Å². The van der Waals surface area contributed by atoms with Gasteiger partial charge in [0.25, 0.3) is 0 Å². The summed E-state index contributed by atoms with van der Waals surface area (Å²) in [4.78, 5) is 7.10. The Labute approximate surface area is 176 Å². The summed E-state index contributed by atoms with van der Waals surface area (Å²) in [7, 11) is 1.89. The van der Waals surface area contributed by atoms with Crippen LogP contribution < -0.4 is 4.90 Å². The molecule has 0 N–H and O–H groups in total. The summed E-state index contributed by atoms with van der Waals surface area (Å²) in [5.41, 5.74) is 2.94. The maximum Gasteiger partial charge on any atom is 0.182 e. The summed E-state index contributed by atoms with van der Waals surface area (Å²) < 4.78 is 28.0. The summed E-state index contributed by atoms with van der Waals surface area (Å²) in [6.45, 7) is 3.82. The second-order valence-corrected chi connectivity index (χ2v) is 9.43. The molecule has 29 heavy (non-hydrogen) atoms. The first kappa shape index (κ1) is 19.0. The van der Waals surface area contributed by atoms with Crippen LogP contribution in [0.4, 0.5) is 10.2 Å². The van der Waals surface area contributed by atoms with E-state index in [0.717, 1.165) is 48.4 Å². The Bertz CT molecular complexity index is 1100. The van der Waals surface area contributed by atoms with E-state index in [4.69, 9.17) is 16.6 Å². The number of thiol groups is 1. The van der Waals surface area contributed by atoms with E-state index in [-0.39, 0.29) is 23.1 Å². The van der Waals surface area contributed by atoms with Gasteiger partial charge < -0.3 is 4.90 Å². The fourth-order valence-corrected chi connectivity index (χ4v) is 5.19. The monoisotopic (exact) mass is 433 g/mol. The fraction of sp³-hybridized carbons (Fsp3) is 0.400. The van der Waals surface area contributed by atoms with Gasteiger partial charge in [0.05, 0.1) is 11.9 Å². The van der Waals surface area contributed by atoms with E-state index in [1.54, 1.807) is 16.6 Å². The van der Waals surface area contributed by atoms with E-state index in [9.17, 15) is 8.60 Å². The van der Waals surface area contributed by atoms with E-state index < -0.39 is 0 Å². The van der Waals surface area contributed by atoms with Crippen molar-refractivity contribution >= 4 is 34.8 Å². The molecule has 1 aliphatic carbocycles. The topological polar surface area (TPSA) is 53.7 Å². The van der Waals surface area contributed by atoms with Gasteiger partial charge >= 0.3 is 0 Å². The van der Waals surface area contributed by atoms with E-state index in [1.165, 1.54) is 12.1 Å². The first-order valence-corrected chi connectivity index (χ1v) is 10.7. The Hall–Kier alpha value is -2.03. The van der Waals surface area contributed by atoms with Gasteiger partial charge in [0.2, 0.25) is 0 Å². The van der Waals surface area contributed by atoms with Crippen molar-refractivity contribution in [2.24, 2.45) is 5.41 Å². The molecule has 5 rings (SSSR count). The predicted octanol–water partition coefficient (Wildman–Crippen LogP) is 3.26. The minimum atomic E-state index is -0.295. The highest BCUT2D eigenvalue weighted by molar-refractivity contribution is 7.62. The Morgan fingerprint density at radius 2 is 1.97 bits per heavy atom. The average Bonchev–Trinajstić information content (AvgIpc) is 2.93. The van der Waals surface area contributed by atoms with Crippen molar-refractivity contribution in [2.45, 2.75) is 25.8 Å². The number of anilines is 1. The number of aromatic nitrogens is 3. The summed E-state index contributed by atoms with van der Waals surface area (Å²) >= 11 is 6.51. The summed E-state index contributed by atoms with van der Waals surface area (Å²) in [6.07, 6.45) is 2.09. The molecule has 1 aromatic carbocycles. The first-order chi connectivity index (χ1) is 13.9. The first-order valence-electron chi connectivity index (χ1n) is 9.52. The van der Waals surface area contributed by atoms with Gasteiger partial charge in [-0.1, -0.05) is 11.6 Å². The van der Waals surface area contributed by atoms with Crippen LogP contribution in [0.25, 0.3) is 16.9 Å². The van der Waals surface area contributed by atoms with Gasteiger partial charge in [0.15, 0.2) is 11.6 Å². The lowest BCUT2D eigenvalue weighted by Crippen LogP contribution is -2.66. The van der Waals surface area contributed by atoms with Crippen LogP contribution in [-0.2, 0) is 11.9 Å². The molecule has 152 valence electrons. The van der Waals surface area contributed by atoms with Crippen molar-refractivity contribution in [3.8, 4) is 11.4 Å². The molecule has 0 unspecified atom stereocenters. The molecule has 1 saturated heterocycles. The average molecular weight is 434 g/mol. The summed E-state index contributed by atoms with van der Waals surface area (Å²) in [5.74, 6) is 1.08. The molecule has 1 spiro atoms. The third-order valence-corrected chi connectivity index (χ3v) is 7.04. The molecule has 2 aliphatic rings. The number of nitrogens with zero attached hydrogens (tertiary/aromatic N) is 5. The second-order valence-electron chi connectivity index (χ2n) is 8.25. The van der Waals surface area contributed by atoms with Crippen molar-refractivity contribution in [1.29, 1.82) is 0 Å². The Morgan fingerprint density at radius 3 is 2.62 bits per heavy atom. The predicted molar refractivity (Wildman–Crippen MR) is 113 cm³/mol. The molecular weight excluding hydrogens is 413 g/mol. The van der Waals surface area contributed by atoms with E-state index in [2.05, 4.69) is 10.00 Å². The molecule has 2 fully saturated rings. The van der Waals surface area contributed by atoms with Crippen LogP contribution in [-0.4, -0.2) is 49.3 Å². The van der Waals surface area contributed by atoms with Crippen LogP contribution in [0.1, 0.15) is 18.4 Å². The van der Waals surface area contributed by atoms with Crippen LogP contribution in [0.3, 0.4) is 0 Å². The van der Waals surface area contributed by atoms with Crippen molar-refractivity contribution in [3.63, 3.8) is 0 Å². The number of aryl methyl sites for hydroxylation is 1. The molecule has 6 nitrogen and oxygen atoms in total. The minimum Gasteiger partial charge on any atom is -0.353 e. The van der Waals surface area contributed by atoms with E-state index >= 15 is 0 Å². The molecule has 2 aromatic heterocycles. The standard InChI is InChI=1S/C20H21ClFN5OS/c1-12-7-16(21)27-17(12)19(23-18(24-27)13-3-5-14(22)6-4-13)26-10-20(11-26)8-15(9-20)25(2)29-28/h3-7,15,29H,8-11H2,1-2H3. The summed E-state index contributed by atoms with van der Waals surface area (Å²) in [6, 6.07) is 8.43. The second kappa shape index (κ2) is 6.75. The number of halogens is 2. The molecule has 1 aliphatic heterocycles. The van der Waals surface area contributed by atoms with Gasteiger partial charge in [-0.2, -0.15) is 0 Å². The third-order valence-electron chi connectivity index (χ3n) is 6.19. The summed E-state index contributed by atoms with van der Waals surface area (Å²) in [5, 5.41) is 5.12. The SMILES string of the molecule is Cc1cc(Cl)n2nc(-c3ccc(F)cc3)nc(N3CC4(CC(N(C)[SH]=O)C4)C3)c12. The quantitative estimate of drug-likeness (QED) is 0.642. The largest absolute Gasteiger partial charge is 0.353 e. The van der Waals surface area contributed by atoms with Crippen LogP contribution in [0.15, 0.2) is 30.3 Å². The van der Waals surface area contributed by atoms with Crippen molar-refractivity contribution in [2.75, 3.05) is 25.0 Å². The molecule has 3 heterocycles. The number of fused-ring (bicyclic) bond motifs is 1. The zero-order chi connectivity index (χ0) is 20.3. The zero-order valence-corrected chi connectivity index (χ0v) is 17.8. The van der Waals surface area contributed by atoms with Crippen LogP contribution in [0.2, 0.25) is 5.15 Å². The van der Waals surface area contributed by atoms with Gasteiger partial charge in [-0.15, -0.1) is 5.10 Å². The number of benzene rings is 1. The normalized spacial score (nSPS) is 18.4. The van der Waals surface area contributed by atoms with Crippen LogP contribution >= 0.6 is 11.6 Å². The van der Waals surface area contributed by atoms with Crippen LogP contribution in [0, 0.1) is 18.2 Å². The molecule has 0 atom stereocenters. The van der Waals surface area contributed by atoms with E-state index in [1.807, 2.05) is 24.3 Å². The zero-order valence-electron chi connectivity index (χ0n) is 16.1. The smallest absolute Gasteiger partial charge is 0.182 e.